The molecule has 2 N–H and O–H groups in total. The van der Waals surface area contributed by atoms with Crippen molar-refractivity contribution >= 4 is 12.0 Å². The molecule has 1 aliphatic carbocycles. The van der Waals surface area contributed by atoms with Crippen molar-refractivity contribution in [3.63, 3.8) is 0 Å². The number of rotatable bonds is 5. The van der Waals surface area contributed by atoms with Gasteiger partial charge >= 0.3 is 12.0 Å². The minimum Gasteiger partial charge on any atom is -0.480 e. The van der Waals surface area contributed by atoms with E-state index in [-0.39, 0.29) is 18.0 Å². The number of carboxylic acids is 1. The number of piperidine rings is 1. The summed E-state index contributed by atoms with van der Waals surface area (Å²) < 4.78 is 0. The van der Waals surface area contributed by atoms with Crippen molar-refractivity contribution in [2.45, 2.75) is 44.7 Å². The Morgan fingerprint density at radius 1 is 1.30 bits per heavy atom. The fourth-order valence-corrected chi connectivity index (χ4v) is 2.83. The van der Waals surface area contributed by atoms with Gasteiger partial charge < -0.3 is 20.2 Å². The normalized spacial score (nSPS) is 22.3. The number of carbonyl (C=O) groups excluding carboxylic acids is 1. The second-order valence-electron chi connectivity index (χ2n) is 5.88. The molecule has 2 aliphatic rings. The number of urea groups is 1. The van der Waals surface area contributed by atoms with Gasteiger partial charge in [-0.1, -0.05) is 6.92 Å². The topological polar surface area (TPSA) is 72.9 Å². The van der Waals surface area contributed by atoms with Gasteiger partial charge in [-0.25, -0.2) is 9.59 Å². The van der Waals surface area contributed by atoms with Gasteiger partial charge in [0.05, 0.1) is 0 Å². The Morgan fingerprint density at radius 3 is 2.35 bits per heavy atom. The van der Waals surface area contributed by atoms with Crippen LogP contribution in [0.1, 0.15) is 32.6 Å². The molecule has 1 saturated heterocycles. The van der Waals surface area contributed by atoms with Crippen molar-refractivity contribution in [2.75, 3.05) is 26.7 Å². The molecule has 20 heavy (non-hydrogen) atoms. The van der Waals surface area contributed by atoms with Crippen molar-refractivity contribution in [1.82, 2.24) is 15.1 Å². The van der Waals surface area contributed by atoms with Gasteiger partial charge in [-0.05, 0) is 38.1 Å². The standard InChI is InChI=1S/C14H25N3O3/c1-3-17-8-6-11(7-9-17)16(2)14(20)15-12(13(18)19)10-4-5-10/h10-12H,3-9H2,1-2H3,(H,15,20)(H,18,19). The lowest BCUT2D eigenvalue weighted by atomic mass is 10.0. The summed E-state index contributed by atoms with van der Waals surface area (Å²) in [6, 6.07) is -0.758. The molecule has 0 aromatic rings. The summed E-state index contributed by atoms with van der Waals surface area (Å²) in [5.74, 6) is -0.804. The van der Waals surface area contributed by atoms with Crippen LogP contribution in [0.2, 0.25) is 0 Å². The van der Waals surface area contributed by atoms with E-state index < -0.39 is 12.0 Å². The molecule has 1 heterocycles. The van der Waals surface area contributed by atoms with Gasteiger partial charge in [-0.15, -0.1) is 0 Å². The van der Waals surface area contributed by atoms with E-state index in [1.54, 1.807) is 11.9 Å². The van der Waals surface area contributed by atoms with Crippen LogP contribution in [-0.2, 0) is 4.79 Å². The summed E-state index contributed by atoms with van der Waals surface area (Å²) in [5, 5.41) is 11.8. The number of amides is 2. The Morgan fingerprint density at radius 2 is 1.90 bits per heavy atom. The summed E-state index contributed by atoms with van der Waals surface area (Å²) in [7, 11) is 1.77. The van der Waals surface area contributed by atoms with Crippen LogP contribution >= 0.6 is 0 Å². The average Bonchev–Trinajstić information content (AvgIpc) is 3.28. The quantitative estimate of drug-likeness (QED) is 0.789. The van der Waals surface area contributed by atoms with Gasteiger partial charge in [-0.2, -0.15) is 0 Å². The van der Waals surface area contributed by atoms with E-state index in [0.717, 1.165) is 45.3 Å². The van der Waals surface area contributed by atoms with Crippen LogP contribution in [0.25, 0.3) is 0 Å². The molecule has 114 valence electrons. The zero-order valence-electron chi connectivity index (χ0n) is 12.3. The third kappa shape index (κ3) is 3.62. The minimum atomic E-state index is -0.921. The van der Waals surface area contributed by atoms with E-state index in [2.05, 4.69) is 17.1 Å². The molecule has 1 atom stereocenters. The van der Waals surface area contributed by atoms with Gasteiger partial charge in [0, 0.05) is 26.2 Å². The molecule has 2 fully saturated rings. The Balaban J connectivity index is 1.83. The average molecular weight is 283 g/mol. The lowest BCUT2D eigenvalue weighted by Crippen LogP contribution is -2.52. The zero-order valence-corrected chi connectivity index (χ0v) is 12.3. The smallest absolute Gasteiger partial charge is 0.326 e. The molecule has 0 bridgehead atoms. The second-order valence-corrected chi connectivity index (χ2v) is 5.88. The molecule has 2 amide bonds. The monoisotopic (exact) mass is 283 g/mol. The van der Waals surface area contributed by atoms with Gasteiger partial charge in [0.25, 0.3) is 0 Å². The number of aliphatic carboxylic acids is 1. The van der Waals surface area contributed by atoms with Crippen LogP contribution in [0.3, 0.4) is 0 Å². The van der Waals surface area contributed by atoms with E-state index in [4.69, 9.17) is 5.11 Å². The number of nitrogens with zero attached hydrogens (tertiary/aromatic N) is 2. The molecule has 6 nitrogen and oxygen atoms in total. The summed E-state index contributed by atoms with van der Waals surface area (Å²) >= 11 is 0. The van der Waals surface area contributed by atoms with E-state index in [0.29, 0.717) is 0 Å². The Bertz CT molecular complexity index is 363. The van der Waals surface area contributed by atoms with Crippen LogP contribution in [0, 0.1) is 5.92 Å². The van der Waals surface area contributed by atoms with E-state index >= 15 is 0 Å². The molecular weight excluding hydrogens is 258 g/mol. The summed E-state index contributed by atoms with van der Waals surface area (Å²) in [6.45, 7) is 5.20. The molecular formula is C14H25N3O3. The van der Waals surface area contributed by atoms with Crippen molar-refractivity contribution in [3.05, 3.63) is 0 Å². The minimum absolute atomic E-state index is 0.117. The predicted octanol–water partition coefficient (Wildman–Crippen LogP) is 0.975. The molecule has 0 aromatic heterocycles. The molecule has 0 aromatic carbocycles. The molecule has 1 saturated carbocycles. The first-order valence-corrected chi connectivity index (χ1v) is 7.51. The van der Waals surface area contributed by atoms with E-state index in [9.17, 15) is 9.59 Å². The van der Waals surface area contributed by atoms with Gasteiger partial charge in [0.1, 0.15) is 6.04 Å². The summed E-state index contributed by atoms with van der Waals surface area (Å²) in [4.78, 5) is 27.4. The molecule has 6 heteroatoms. The summed E-state index contributed by atoms with van der Waals surface area (Å²) in [5.41, 5.74) is 0. The number of likely N-dealkylation sites (tertiary alicyclic amines) is 1. The van der Waals surface area contributed by atoms with E-state index in [1.807, 2.05) is 0 Å². The van der Waals surface area contributed by atoms with Crippen molar-refractivity contribution in [2.24, 2.45) is 5.92 Å². The SMILES string of the molecule is CCN1CCC(N(C)C(=O)NC(C(=O)O)C2CC2)CC1. The second kappa shape index (κ2) is 6.43. The summed E-state index contributed by atoms with van der Waals surface area (Å²) in [6.07, 6.45) is 3.71. The largest absolute Gasteiger partial charge is 0.480 e. The van der Waals surface area contributed by atoms with Crippen LogP contribution in [-0.4, -0.2) is 65.7 Å². The van der Waals surface area contributed by atoms with Gasteiger partial charge in [0.15, 0.2) is 0 Å². The highest BCUT2D eigenvalue weighted by Crippen LogP contribution is 2.32. The fraction of sp³-hybridized carbons (Fsp3) is 0.857. The van der Waals surface area contributed by atoms with Crippen molar-refractivity contribution < 1.29 is 14.7 Å². The highest BCUT2D eigenvalue weighted by molar-refractivity contribution is 5.83. The van der Waals surface area contributed by atoms with Crippen LogP contribution < -0.4 is 5.32 Å². The first kappa shape index (κ1) is 15.1. The van der Waals surface area contributed by atoms with Crippen molar-refractivity contribution in [1.29, 1.82) is 0 Å². The Hall–Kier alpha value is -1.30. The third-order valence-electron chi connectivity index (χ3n) is 4.51. The van der Waals surface area contributed by atoms with Gasteiger partial charge in [-0.3, -0.25) is 0 Å². The Kier molecular flexibility index (Phi) is 4.86. The Labute approximate surface area is 120 Å². The van der Waals surface area contributed by atoms with Crippen LogP contribution in [0.15, 0.2) is 0 Å². The lowest BCUT2D eigenvalue weighted by molar-refractivity contribution is -0.139. The first-order chi connectivity index (χ1) is 9.52. The number of nitrogens with one attached hydrogen (secondary N) is 1. The third-order valence-corrected chi connectivity index (χ3v) is 4.51. The predicted molar refractivity (Wildman–Crippen MR) is 75.6 cm³/mol. The molecule has 0 spiro atoms. The zero-order chi connectivity index (χ0) is 14.7. The fourth-order valence-electron chi connectivity index (χ4n) is 2.83. The number of carbonyl (C=O) groups is 2. The number of carboxylic acid groups (broad SMARTS) is 1. The first-order valence-electron chi connectivity index (χ1n) is 7.51. The van der Waals surface area contributed by atoms with Crippen LogP contribution in [0.4, 0.5) is 4.79 Å². The number of hydrogen-bond acceptors (Lipinski definition) is 3. The molecule has 0 radical (unpaired) electrons. The van der Waals surface area contributed by atoms with E-state index in [1.165, 1.54) is 0 Å². The number of hydrogen-bond donors (Lipinski definition) is 2. The highest BCUT2D eigenvalue weighted by atomic mass is 16.4. The molecule has 2 rings (SSSR count). The van der Waals surface area contributed by atoms with Crippen molar-refractivity contribution in [3.8, 4) is 0 Å². The maximum Gasteiger partial charge on any atom is 0.326 e. The maximum atomic E-state index is 12.2. The molecule has 1 aliphatic heterocycles. The van der Waals surface area contributed by atoms with Gasteiger partial charge in [0.2, 0.25) is 0 Å². The van der Waals surface area contributed by atoms with Crippen LogP contribution in [0.5, 0.6) is 0 Å². The maximum absolute atomic E-state index is 12.2. The molecule has 1 unspecified atom stereocenters. The highest BCUT2D eigenvalue weighted by Gasteiger charge is 2.38. The lowest BCUT2D eigenvalue weighted by Gasteiger charge is -2.36.